The molecule has 1 aliphatic heterocycles. The predicted molar refractivity (Wildman–Crippen MR) is 129 cm³/mol. The highest BCUT2D eigenvalue weighted by Gasteiger charge is 2.34. The Bertz CT molecular complexity index is 1260. The van der Waals surface area contributed by atoms with E-state index in [0.29, 0.717) is 30.4 Å². The van der Waals surface area contributed by atoms with E-state index in [-0.39, 0.29) is 0 Å². The van der Waals surface area contributed by atoms with Gasteiger partial charge in [0.1, 0.15) is 24.1 Å². The van der Waals surface area contributed by atoms with Crippen molar-refractivity contribution >= 4 is 22.4 Å². The van der Waals surface area contributed by atoms with Crippen molar-refractivity contribution in [1.82, 2.24) is 9.97 Å². The minimum Gasteiger partial charge on any atom is -0.390 e. The van der Waals surface area contributed by atoms with Crippen LogP contribution in [0.2, 0.25) is 0 Å². The molecule has 0 radical (unpaired) electrons. The van der Waals surface area contributed by atoms with E-state index >= 15 is 0 Å². The molecule has 1 atom stereocenters. The number of ether oxygens (including phenoxy) is 1. The van der Waals surface area contributed by atoms with Gasteiger partial charge in [-0.3, -0.25) is 0 Å². The molecule has 1 aromatic heterocycles. The van der Waals surface area contributed by atoms with Crippen molar-refractivity contribution < 1.29 is 23.0 Å². The van der Waals surface area contributed by atoms with Crippen LogP contribution >= 0.6 is 0 Å². The molecule has 0 spiro atoms. The van der Waals surface area contributed by atoms with Crippen LogP contribution < -0.4 is 10.2 Å². The number of alkyl halides is 2. The van der Waals surface area contributed by atoms with Crippen LogP contribution in [0.5, 0.6) is 0 Å². The summed E-state index contributed by atoms with van der Waals surface area (Å²) in [5.74, 6) is -3.48. The number of nitrogens with zero attached hydrogens (tertiary/aromatic N) is 3. The molecule has 2 heterocycles. The van der Waals surface area contributed by atoms with Crippen molar-refractivity contribution in [2.24, 2.45) is 0 Å². The van der Waals surface area contributed by atoms with Crippen molar-refractivity contribution in [1.29, 1.82) is 0 Å². The number of benzene rings is 2. The van der Waals surface area contributed by atoms with E-state index in [1.807, 2.05) is 13.8 Å². The van der Waals surface area contributed by atoms with Crippen LogP contribution in [0.3, 0.4) is 0 Å². The second kappa shape index (κ2) is 9.28. The molecule has 186 valence electrons. The molecule has 2 aliphatic rings. The van der Waals surface area contributed by atoms with E-state index < -0.39 is 30.0 Å². The van der Waals surface area contributed by atoms with Crippen molar-refractivity contribution in [2.75, 3.05) is 43.1 Å². The van der Waals surface area contributed by atoms with Crippen LogP contribution in [0.4, 0.5) is 24.7 Å². The van der Waals surface area contributed by atoms with E-state index in [0.717, 1.165) is 55.4 Å². The van der Waals surface area contributed by atoms with Crippen LogP contribution in [0, 0.1) is 12.7 Å². The average Bonchev–Trinajstić information content (AvgIpc) is 3.35. The number of morpholine rings is 1. The summed E-state index contributed by atoms with van der Waals surface area (Å²) < 4.78 is 47.8. The number of aryl methyl sites for hydroxylation is 2. The molecule has 0 saturated carbocycles. The summed E-state index contributed by atoms with van der Waals surface area (Å²) in [6.07, 6.45) is 3.04. The van der Waals surface area contributed by atoms with E-state index in [1.54, 1.807) is 0 Å². The third kappa shape index (κ3) is 4.43. The molecule has 3 aromatic rings. The molecule has 6 nitrogen and oxygen atoms in total. The lowest BCUT2D eigenvalue weighted by molar-refractivity contribution is -0.0583. The lowest BCUT2D eigenvalue weighted by Crippen LogP contribution is -2.36. The first-order valence-electron chi connectivity index (χ1n) is 12.0. The van der Waals surface area contributed by atoms with Gasteiger partial charge in [0, 0.05) is 30.2 Å². The number of nitrogens with one attached hydrogen (secondary N) is 1. The van der Waals surface area contributed by atoms with Gasteiger partial charge in [0.2, 0.25) is 0 Å². The SMILES string of the molecule is Cc1nc(N[C@H](C)c2ccc(F)c(C(F)(F)CO)c2)c2cc(N3CCOCC3)c3c(c2n1)CCC3. The Morgan fingerprint density at radius 2 is 1.89 bits per heavy atom. The Hall–Kier alpha value is -2.91. The van der Waals surface area contributed by atoms with Crippen LogP contribution in [-0.2, 0) is 23.5 Å². The first kappa shape index (κ1) is 23.8. The number of rotatable bonds is 6. The fraction of sp³-hybridized carbons (Fsp3) is 0.462. The lowest BCUT2D eigenvalue weighted by atomic mass is 10.00. The normalized spacial score (nSPS) is 17.0. The third-order valence-electron chi connectivity index (χ3n) is 6.94. The number of fused-ring (bicyclic) bond motifs is 3. The second-order valence-corrected chi connectivity index (χ2v) is 9.29. The van der Waals surface area contributed by atoms with Gasteiger partial charge in [0.05, 0.1) is 24.3 Å². The van der Waals surface area contributed by atoms with Gasteiger partial charge in [0.15, 0.2) is 0 Å². The van der Waals surface area contributed by atoms with E-state index in [2.05, 4.69) is 21.3 Å². The fourth-order valence-electron chi connectivity index (χ4n) is 5.12. The summed E-state index contributed by atoms with van der Waals surface area (Å²) in [5, 5.41) is 13.3. The van der Waals surface area contributed by atoms with Crippen LogP contribution in [0.1, 0.15) is 47.5 Å². The third-order valence-corrected chi connectivity index (χ3v) is 6.94. The molecule has 0 unspecified atom stereocenters. The van der Waals surface area contributed by atoms with Gasteiger partial charge >= 0.3 is 0 Å². The van der Waals surface area contributed by atoms with E-state index in [4.69, 9.17) is 14.8 Å². The summed E-state index contributed by atoms with van der Waals surface area (Å²) in [4.78, 5) is 11.8. The number of hydrogen-bond acceptors (Lipinski definition) is 6. The minimum atomic E-state index is -3.66. The second-order valence-electron chi connectivity index (χ2n) is 9.29. The van der Waals surface area contributed by atoms with Crippen molar-refractivity contribution in [2.45, 2.75) is 45.1 Å². The van der Waals surface area contributed by atoms with Crippen molar-refractivity contribution in [3.8, 4) is 0 Å². The summed E-state index contributed by atoms with van der Waals surface area (Å²) in [5.41, 5.74) is 4.34. The molecule has 0 amide bonds. The standard InChI is InChI=1S/C26H29F3N4O2/c1-15(17-6-7-22(27)21(12-17)26(28,29)14-34)30-25-20-13-23(33-8-10-35-11-9-33)18-4-3-5-19(18)24(20)31-16(2)32-25/h6-7,12-13,15,34H,3-5,8-11,14H2,1-2H3,(H,30,31,32)/t15-/m1/s1. The molecular formula is C26H29F3N4O2. The maximum atomic E-state index is 14.1. The highest BCUT2D eigenvalue weighted by Crippen LogP contribution is 2.40. The Morgan fingerprint density at radius 3 is 2.63 bits per heavy atom. The smallest absolute Gasteiger partial charge is 0.298 e. The van der Waals surface area contributed by atoms with Gasteiger partial charge in [-0.05, 0) is 68.0 Å². The molecule has 1 saturated heterocycles. The first-order chi connectivity index (χ1) is 16.8. The van der Waals surface area contributed by atoms with Crippen LogP contribution in [0.15, 0.2) is 24.3 Å². The molecular weight excluding hydrogens is 457 g/mol. The van der Waals surface area contributed by atoms with Crippen LogP contribution in [0.25, 0.3) is 10.9 Å². The number of aliphatic hydroxyl groups is 1. The Morgan fingerprint density at radius 1 is 1.14 bits per heavy atom. The summed E-state index contributed by atoms with van der Waals surface area (Å²) in [7, 11) is 0. The van der Waals surface area contributed by atoms with E-state index in [9.17, 15) is 13.2 Å². The Kier molecular flexibility index (Phi) is 6.31. The zero-order valence-corrected chi connectivity index (χ0v) is 19.9. The highest BCUT2D eigenvalue weighted by atomic mass is 19.3. The van der Waals surface area contributed by atoms with Gasteiger partial charge in [-0.1, -0.05) is 6.07 Å². The van der Waals surface area contributed by atoms with E-state index in [1.165, 1.54) is 22.9 Å². The largest absolute Gasteiger partial charge is 0.390 e. The molecule has 2 N–H and O–H groups in total. The highest BCUT2D eigenvalue weighted by molar-refractivity contribution is 5.96. The topological polar surface area (TPSA) is 70.5 Å². The predicted octanol–water partition coefficient (Wildman–Crippen LogP) is 4.66. The molecule has 9 heteroatoms. The summed E-state index contributed by atoms with van der Waals surface area (Å²) in [6, 6.07) is 5.28. The number of halogens is 3. The van der Waals surface area contributed by atoms with Crippen molar-refractivity contribution in [3.05, 3.63) is 58.2 Å². The Labute approximate surface area is 202 Å². The Balaban J connectivity index is 1.56. The molecule has 1 fully saturated rings. The molecule has 0 bridgehead atoms. The summed E-state index contributed by atoms with van der Waals surface area (Å²) in [6.45, 7) is 5.20. The number of hydrogen-bond donors (Lipinski definition) is 2. The van der Waals surface area contributed by atoms with Gasteiger partial charge in [-0.15, -0.1) is 0 Å². The monoisotopic (exact) mass is 486 g/mol. The minimum absolute atomic E-state index is 0.443. The maximum absolute atomic E-state index is 14.1. The molecule has 1 aliphatic carbocycles. The molecule has 35 heavy (non-hydrogen) atoms. The number of anilines is 2. The summed E-state index contributed by atoms with van der Waals surface area (Å²) >= 11 is 0. The maximum Gasteiger partial charge on any atom is 0.298 e. The quantitative estimate of drug-likeness (QED) is 0.528. The molecule has 5 rings (SSSR count). The average molecular weight is 487 g/mol. The zero-order chi connectivity index (χ0) is 24.7. The first-order valence-corrected chi connectivity index (χ1v) is 12.0. The number of aliphatic hydroxyl groups excluding tert-OH is 1. The molecule has 2 aromatic carbocycles. The van der Waals surface area contributed by atoms with Crippen molar-refractivity contribution in [3.63, 3.8) is 0 Å². The fourth-order valence-corrected chi connectivity index (χ4v) is 5.12. The lowest BCUT2D eigenvalue weighted by Gasteiger charge is -2.31. The van der Waals surface area contributed by atoms with Gasteiger partial charge in [-0.25, -0.2) is 14.4 Å². The zero-order valence-electron chi connectivity index (χ0n) is 19.9. The van der Waals surface area contributed by atoms with Crippen LogP contribution in [-0.4, -0.2) is 48.0 Å². The number of aromatic nitrogens is 2. The van der Waals surface area contributed by atoms with Gasteiger partial charge in [0.25, 0.3) is 5.92 Å². The van der Waals surface area contributed by atoms with Gasteiger partial charge in [-0.2, -0.15) is 8.78 Å². The van der Waals surface area contributed by atoms with Gasteiger partial charge < -0.3 is 20.1 Å².